The Bertz CT molecular complexity index is 565. The molecule has 3 rings (SSSR count). The highest BCUT2D eigenvalue weighted by Crippen LogP contribution is 2.27. The van der Waals surface area contributed by atoms with Crippen molar-refractivity contribution in [3.05, 3.63) is 22.5 Å². The number of likely N-dealkylation sites (N-methyl/N-ethyl adjacent to an activating group) is 1. The minimum Gasteiger partial charge on any atom is -0.301 e. The fourth-order valence-corrected chi connectivity index (χ4v) is 2.89. The smallest absolute Gasteiger partial charge is 0.281 e. The number of nitrogens with one attached hydrogen (secondary N) is 1. The topological polar surface area (TPSA) is 84.2 Å². The molecule has 0 aromatic carbocycles. The van der Waals surface area contributed by atoms with Crippen LogP contribution in [0.2, 0.25) is 0 Å². The molecule has 0 fully saturated rings. The van der Waals surface area contributed by atoms with Crippen molar-refractivity contribution < 1.29 is 9.42 Å². The van der Waals surface area contributed by atoms with Crippen LogP contribution in [0, 0.1) is 0 Å². The molecule has 1 aliphatic rings. The molecule has 0 spiro atoms. The van der Waals surface area contributed by atoms with E-state index in [2.05, 4.69) is 37.2 Å². The number of thiazole rings is 1. The lowest BCUT2D eigenvalue weighted by molar-refractivity contribution is 0.101. The number of anilines is 1. The van der Waals surface area contributed by atoms with Crippen LogP contribution in [-0.2, 0) is 13.0 Å². The Kier molecular flexibility index (Phi) is 2.80. The molecular weight excluding hydrogens is 254 g/mol. The van der Waals surface area contributed by atoms with Crippen LogP contribution < -0.4 is 5.32 Å². The minimum atomic E-state index is -0.351. The number of fused-ring (bicyclic) bond motifs is 1. The van der Waals surface area contributed by atoms with E-state index < -0.39 is 0 Å². The Balaban J connectivity index is 1.76. The molecule has 0 atom stereocenters. The maximum atomic E-state index is 11.7. The summed E-state index contributed by atoms with van der Waals surface area (Å²) < 4.78 is 4.38. The van der Waals surface area contributed by atoms with E-state index in [0.29, 0.717) is 5.13 Å². The van der Waals surface area contributed by atoms with Gasteiger partial charge in [-0.05, 0) is 12.2 Å². The van der Waals surface area contributed by atoms with Gasteiger partial charge in [0.1, 0.15) is 6.20 Å². The summed E-state index contributed by atoms with van der Waals surface area (Å²) in [6.07, 6.45) is 2.19. The zero-order valence-corrected chi connectivity index (χ0v) is 10.5. The number of hydrogen-bond acceptors (Lipinski definition) is 7. The van der Waals surface area contributed by atoms with Crippen molar-refractivity contribution in [1.29, 1.82) is 0 Å². The fourth-order valence-electron chi connectivity index (χ4n) is 1.80. The summed E-state index contributed by atoms with van der Waals surface area (Å²) in [6, 6.07) is 0. The molecule has 1 aliphatic heterocycles. The standard InChI is InChI=1S/C10H11N5O2S/c1-15-3-2-6-8(5-15)18-10(12-6)13-9(16)7-4-11-17-14-7/h4H,2-3,5H2,1H3,(H,12,13,16). The van der Waals surface area contributed by atoms with Crippen LogP contribution in [0.15, 0.2) is 10.8 Å². The van der Waals surface area contributed by atoms with Gasteiger partial charge in [0.05, 0.1) is 5.69 Å². The second kappa shape index (κ2) is 4.46. The number of carbonyl (C=O) groups is 1. The van der Waals surface area contributed by atoms with E-state index in [1.54, 1.807) is 0 Å². The number of amides is 1. The minimum absolute atomic E-state index is 0.153. The quantitative estimate of drug-likeness (QED) is 0.863. The van der Waals surface area contributed by atoms with Crippen LogP contribution in [0.3, 0.4) is 0 Å². The first kappa shape index (κ1) is 11.3. The predicted molar refractivity (Wildman–Crippen MR) is 64.4 cm³/mol. The Morgan fingerprint density at radius 1 is 1.61 bits per heavy atom. The van der Waals surface area contributed by atoms with Crippen LogP contribution in [0.1, 0.15) is 21.1 Å². The van der Waals surface area contributed by atoms with Gasteiger partial charge in [-0.25, -0.2) is 9.61 Å². The highest BCUT2D eigenvalue weighted by molar-refractivity contribution is 7.15. The number of carbonyl (C=O) groups excluding carboxylic acids is 1. The molecule has 0 saturated carbocycles. The summed E-state index contributed by atoms with van der Waals surface area (Å²) in [5, 5.41) is 10.2. The van der Waals surface area contributed by atoms with Gasteiger partial charge in [0.15, 0.2) is 10.8 Å². The van der Waals surface area contributed by atoms with Gasteiger partial charge in [0.2, 0.25) is 0 Å². The molecule has 1 amide bonds. The molecule has 0 radical (unpaired) electrons. The third-order valence-electron chi connectivity index (χ3n) is 2.74. The highest BCUT2D eigenvalue weighted by atomic mass is 32.1. The molecule has 3 heterocycles. The fraction of sp³-hybridized carbons (Fsp3) is 0.400. The Morgan fingerprint density at radius 3 is 3.28 bits per heavy atom. The maximum absolute atomic E-state index is 11.7. The van der Waals surface area contributed by atoms with Gasteiger partial charge in [0.25, 0.3) is 5.91 Å². The third-order valence-corrected chi connectivity index (χ3v) is 3.73. The zero-order chi connectivity index (χ0) is 12.5. The van der Waals surface area contributed by atoms with Crippen LogP contribution >= 0.6 is 11.3 Å². The predicted octanol–water partition coefficient (Wildman–Crippen LogP) is 0.766. The molecular formula is C10H11N5O2S. The normalized spacial score (nSPS) is 15.4. The molecule has 18 heavy (non-hydrogen) atoms. The van der Waals surface area contributed by atoms with Gasteiger partial charge in [-0.3, -0.25) is 10.1 Å². The van der Waals surface area contributed by atoms with Crippen molar-refractivity contribution in [2.75, 3.05) is 18.9 Å². The highest BCUT2D eigenvalue weighted by Gasteiger charge is 2.20. The second-order valence-corrected chi connectivity index (χ2v) is 5.21. The van der Waals surface area contributed by atoms with Crippen molar-refractivity contribution in [2.45, 2.75) is 13.0 Å². The van der Waals surface area contributed by atoms with E-state index in [1.165, 1.54) is 22.4 Å². The average Bonchev–Trinajstić information content (AvgIpc) is 2.95. The summed E-state index contributed by atoms with van der Waals surface area (Å²) in [7, 11) is 2.07. The van der Waals surface area contributed by atoms with E-state index in [1.807, 2.05) is 0 Å². The van der Waals surface area contributed by atoms with Crippen molar-refractivity contribution >= 4 is 22.4 Å². The third kappa shape index (κ3) is 2.12. The van der Waals surface area contributed by atoms with Gasteiger partial charge in [-0.2, -0.15) is 0 Å². The van der Waals surface area contributed by atoms with E-state index in [9.17, 15) is 4.79 Å². The maximum Gasteiger partial charge on any atom is 0.281 e. The average molecular weight is 265 g/mol. The molecule has 0 bridgehead atoms. The molecule has 0 aliphatic carbocycles. The van der Waals surface area contributed by atoms with E-state index >= 15 is 0 Å². The molecule has 7 nitrogen and oxygen atoms in total. The summed E-state index contributed by atoms with van der Waals surface area (Å²) >= 11 is 1.50. The number of nitrogens with zero attached hydrogens (tertiary/aromatic N) is 4. The summed E-state index contributed by atoms with van der Waals surface area (Å²) in [6.45, 7) is 1.88. The van der Waals surface area contributed by atoms with Gasteiger partial charge in [-0.1, -0.05) is 5.16 Å². The molecule has 1 N–H and O–H groups in total. The van der Waals surface area contributed by atoms with Crippen LogP contribution in [0.5, 0.6) is 0 Å². The zero-order valence-electron chi connectivity index (χ0n) is 9.71. The van der Waals surface area contributed by atoms with Gasteiger partial charge in [0, 0.05) is 24.4 Å². The van der Waals surface area contributed by atoms with Crippen molar-refractivity contribution in [3.8, 4) is 0 Å². The van der Waals surface area contributed by atoms with Gasteiger partial charge in [-0.15, -0.1) is 11.3 Å². The number of rotatable bonds is 2. The molecule has 2 aromatic heterocycles. The first-order valence-electron chi connectivity index (χ1n) is 5.48. The number of hydrogen-bond donors (Lipinski definition) is 1. The largest absolute Gasteiger partial charge is 0.301 e. The van der Waals surface area contributed by atoms with E-state index in [0.717, 1.165) is 25.2 Å². The van der Waals surface area contributed by atoms with Crippen molar-refractivity contribution in [1.82, 2.24) is 20.2 Å². The summed E-state index contributed by atoms with van der Waals surface area (Å²) in [5.41, 5.74) is 1.23. The van der Waals surface area contributed by atoms with Crippen LogP contribution in [0.4, 0.5) is 5.13 Å². The second-order valence-electron chi connectivity index (χ2n) is 4.12. The number of aromatic nitrogens is 3. The van der Waals surface area contributed by atoms with Crippen molar-refractivity contribution in [3.63, 3.8) is 0 Å². The Labute approximate surface area is 107 Å². The van der Waals surface area contributed by atoms with Gasteiger partial charge >= 0.3 is 0 Å². The molecule has 94 valence electrons. The first-order valence-corrected chi connectivity index (χ1v) is 6.30. The van der Waals surface area contributed by atoms with E-state index in [4.69, 9.17) is 0 Å². The van der Waals surface area contributed by atoms with E-state index in [-0.39, 0.29) is 11.6 Å². The Morgan fingerprint density at radius 2 is 2.50 bits per heavy atom. The lowest BCUT2D eigenvalue weighted by Gasteiger charge is -2.20. The molecule has 0 unspecified atom stereocenters. The lowest BCUT2D eigenvalue weighted by atomic mass is 10.2. The summed E-state index contributed by atoms with van der Waals surface area (Å²) in [5.74, 6) is -0.351. The lowest BCUT2D eigenvalue weighted by Crippen LogP contribution is -2.25. The Hall–Kier alpha value is -1.80. The van der Waals surface area contributed by atoms with Crippen LogP contribution in [0.25, 0.3) is 0 Å². The monoisotopic (exact) mass is 265 g/mol. The summed E-state index contributed by atoms with van der Waals surface area (Å²) in [4.78, 5) is 19.6. The van der Waals surface area contributed by atoms with Crippen molar-refractivity contribution in [2.24, 2.45) is 0 Å². The first-order chi connectivity index (χ1) is 8.72. The molecule has 0 saturated heterocycles. The SMILES string of the molecule is CN1CCc2nc(NC(=O)c3cnon3)sc2C1. The molecule has 8 heteroatoms. The van der Waals surface area contributed by atoms with Gasteiger partial charge < -0.3 is 4.90 Å². The van der Waals surface area contributed by atoms with Crippen LogP contribution in [-0.4, -0.2) is 39.7 Å². The molecule has 2 aromatic rings.